The Morgan fingerprint density at radius 3 is 2.82 bits per heavy atom. The van der Waals surface area contributed by atoms with Gasteiger partial charge in [-0.15, -0.1) is 0 Å². The molecule has 0 saturated carbocycles. The number of rotatable bonds is 4. The molecule has 6 heteroatoms. The van der Waals surface area contributed by atoms with E-state index >= 15 is 0 Å². The number of ether oxygens (including phenoxy) is 1. The van der Waals surface area contributed by atoms with Crippen LogP contribution in [-0.4, -0.2) is 30.9 Å². The summed E-state index contributed by atoms with van der Waals surface area (Å²) < 4.78 is 5.77. The first-order valence-corrected chi connectivity index (χ1v) is 5.88. The van der Waals surface area contributed by atoms with Crippen LogP contribution in [0.25, 0.3) is 0 Å². The lowest BCUT2D eigenvalue weighted by Crippen LogP contribution is -2.38. The highest BCUT2D eigenvalue weighted by atomic mass is 79.9. The minimum absolute atomic E-state index is 0.1000. The number of carbonyl (C=O) groups is 1. The smallest absolute Gasteiger partial charge is 0.319 e. The Labute approximate surface area is 108 Å². The largest absolute Gasteiger partial charge is 0.497 e. The molecule has 0 saturated heterocycles. The molecule has 3 N–H and O–H groups in total. The van der Waals surface area contributed by atoms with Gasteiger partial charge in [-0.05, 0) is 41.1 Å². The second kappa shape index (κ2) is 6.46. The number of aliphatic hydroxyl groups excluding tert-OH is 1. The van der Waals surface area contributed by atoms with E-state index in [0.29, 0.717) is 11.4 Å². The molecule has 94 valence electrons. The second-order valence-corrected chi connectivity index (χ2v) is 4.38. The van der Waals surface area contributed by atoms with Crippen LogP contribution in [-0.2, 0) is 0 Å². The summed E-state index contributed by atoms with van der Waals surface area (Å²) in [5, 5.41) is 14.0. The SMILES string of the molecule is COc1ccc(NC(=O)N[C@@H](C)CO)c(Br)c1. The predicted octanol–water partition coefficient (Wildman–Crippen LogP) is 1.96. The van der Waals surface area contributed by atoms with Crippen LogP contribution >= 0.6 is 15.9 Å². The van der Waals surface area contributed by atoms with Gasteiger partial charge in [-0.2, -0.15) is 0 Å². The molecular weight excluding hydrogens is 288 g/mol. The molecular formula is C11H15BrN2O3. The van der Waals surface area contributed by atoms with Gasteiger partial charge in [-0.3, -0.25) is 0 Å². The van der Waals surface area contributed by atoms with E-state index in [1.54, 1.807) is 32.2 Å². The van der Waals surface area contributed by atoms with Crippen molar-refractivity contribution >= 4 is 27.6 Å². The summed E-state index contributed by atoms with van der Waals surface area (Å²) in [6.07, 6.45) is 0. The molecule has 0 aromatic heterocycles. The molecule has 1 rings (SSSR count). The van der Waals surface area contributed by atoms with Gasteiger partial charge in [-0.25, -0.2) is 4.79 Å². The Bertz CT molecular complexity index is 398. The maximum atomic E-state index is 11.5. The van der Waals surface area contributed by atoms with Gasteiger partial charge >= 0.3 is 6.03 Å². The average molecular weight is 303 g/mol. The van der Waals surface area contributed by atoms with Crippen molar-refractivity contribution in [1.82, 2.24) is 5.32 Å². The normalized spacial score (nSPS) is 11.8. The maximum absolute atomic E-state index is 11.5. The number of halogens is 1. The van der Waals surface area contributed by atoms with Crippen molar-refractivity contribution in [1.29, 1.82) is 0 Å². The predicted molar refractivity (Wildman–Crippen MR) is 69.4 cm³/mol. The molecule has 0 aliphatic heterocycles. The van der Waals surface area contributed by atoms with Gasteiger partial charge in [0.05, 0.1) is 25.4 Å². The van der Waals surface area contributed by atoms with Crippen LogP contribution in [0.1, 0.15) is 6.92 Å². The van der Waals surface area contributed by atoms with Crippen molar-refractivity contribution in [3.8, 4) is 5.75 Å². The van der Waals surface area contributed by atoms with E-state index in [2.05, 4.69) is 26.6 Å². The third kappa shape index (κ3) is 4.24. The minimum Gasteiger partial charge on any atom is -0.497 e. The first kappa shape index (κ1) is 13.8. The molecule has 2 amide bonds. The number of urea groups is 1. The van der Waals surface area contributed by atoms with Crippen LogP contribution < -0.4 is 15.4 Å². The highest BCUT2D eigenvalue weighted by molar-refractivity contribution is 9.10. The van der Waals surface area contributed by atoms with Crippen LogP contribution in [0, 0.1) is 0 Å². The van der Waals surface area contributed by atoms with E-state index in [1.807, 2.05) is 0 Å². The zero-order valence-corrected chi connectivity index (χ0v) is 11.2. The van der Waals surface area contributed by atoms with Crippen molar-refractivity contribution in [2.75, 3.05) is 19.0 Å². The monoisotopic (exact) mass is 302 g/mol. The fourth-order valence-corrected chi connectivity index (χ4v) is 1.61. The Morgan fingerprint density at radius 2 is 2.29 bits per heavy atom. The molecule has 0 aliphatic carbocycles. The van der Waals surface area contributed by atoms with Gasteiger partial charge < -0.3 is 20.5 Å². The lowest BCUT2D eigenvalue weighted by atomic mass is 10.3. The average Bonchev–Trinajstić information content (AvgIpc) is 2.31. The van der Waals surface area contributed by atoms with Crippen LogP contribution in [0.2, 0.25) is 0 Å². The third-order valence-corrected chi connectivity index (χ3v) is 2.73. The summed E-state index contributed by atoms with van der Waals surface area (Å²) in [4.78, 5) is 11.5. The van der Waals surface area contributed by atoms with Crippen molar-refractivity contribution in [3.05, 3.63) is 22.7 Å². The fourth-order valence-electron chi connectivity index (χ4n) is 1.15. The lowest BCUT2D eigenvalue weighted by Gasteiger charge is -2.13. The minimum atomic E-state index is -0.364. The summed E-state index contributed by atoms with van der Waals surface area (Å²) in [5.41, 5.74) is 0.633. The van der Waals surface area contributed by atoms with E-state index in [4.69, 9.17) is 9.84 Å². The quantitative estimate of drug-likeness (QED) is 0.796. The molecule has 0 radical (unpaired) electrons. The molecule has 0 unspecified atom stereocenters. The molecule has 5 nitrogen and oxygen atoms in total. The zero-order chi connectivity index (χ0) is 12.8. The molecule has 0 heterocycles. The number of amides is 2. The summed E-state index contributed by atoms with van der Waals surface area (Å²) in [6.45, 7) is 1.61. The third-order valence-electron chi connectivity index (χ3n) is 2.08. The van der Waals surface area contributed by atoms with Gasteiger partial charge in [0.15, 0.2) is 0 Å². The summed E-state index contributed by atoms with van der Waals surface area (Å²) in [7, 11) is 1.57. The van der Waals surface area contributed by atoms with Crippen molar-refractivity contribution in [3.63, 3.8) is 0 Å². The zero-order valence-electron chi connectivity index (χ0n) is 9.66. The standard InChI is InChI=1S/C11H15BrN2O3/c1-7(6-15)13-11(16)14-10-4-3-8(17-2)5-9(10)12/h3-5,7,15H,6H2,1-2H3,(H2,13,14,16)/t7-/m0/s1. The second-order valence-electron chi connectivity index (χ2n) is 3.53. The summed E-state index contributed by atoms with van der Waals surface area (Å²) in [5.74, 6) is 0.701. The van der Waals surface area contributed by atoms with Crippen molar-refractivity contribution in [2.45, 2.75) is 13.0 Å². The van der Waals surface area contributed by atoms with E-state index in [-0.39, 0.29) is 18.7 Å². The van der Waals surface area contributed by atoms with Crippen molar-refractivity contribution < 1.29 is 14.6 Å². The Balaban J connectivity index is 2.65. The number of methoxy groups -OCH3 is 1. The highest BCUT2D eigenvalue weighted by Crippen LogP contribution is 2.26. The Hall–Kier alpha value is -1.27. The van der Waals surface area contributed by atoms with Crippen LogP contribution in [0.3, 0.4) is 0 Å². The highest BCUT2D eigenvalue weighted by Gasteiger charge is 2.08. The maximum Gasteiger partial charge on any atom is 0.319 e. The van der Waals surface area contributed by atoms with Gasteiger partial charge in [0.1, 0.15) is 5.75 Å². The Morgan fingerprint density at radius 1 is 1.59 bits per heavy atom. The molecule has 1 atom stereocenters. The first-order valence-electron chi connectivity index (χ1n) is 5.08. The van der Waals surface area contributed by atoms with Crippen LogP contribution in [0.4, 0.5) is 10.5 Å². The summed E-state index contributed by atoms with van der Waals surface area (Å²) >= 11 is 3.33. The topological polar surface area (TPSA) is 70.6 Å². The van der Waals surface area contributed by atoms with Crippen LogP contribution in [0.15, 0.2) is 22.7 Å². The van der Waals surface area contributed by atoms with Gasteiger partial charge in [0.25, 0.3) is 0 Å². The van der Waals surface area contributed by atoms with Gasteiger partial charge in [0, 0.05) is 4.47 Å². The van der Waals surface area contributed by atoms with E-state index in [1.165, 1.54) is 0 Å². The van der Waals surface area contributed by atoms with Gasteiger partial charge in [0.2, 0.25) is 0 Å². The molecule has 17 heavy (non-hydrogen) atoms. The molecule has 0 aliphatic rings. The molecule has 0 spiro atoms. The number of benzene rings is 1. The van der Waals surface area contributed by atoms with E-state index in [0.717, 1.165) is 4.47 Å². The first-order chi connectivity index (χ1) is 8.06. The molecule has 0 fully saturated rings. The van der Waals surface area contributed by atoms with Gasteiger partial charge in [-0.1, -0.05) is 0 Å². The van der Waals surface area contributed by atoms with E-state index in [9.17, 15) is 4.79 Å². The number of aliphatic hydroxyl groups is 1. The van der Waals surface area contributed by atoms with E-state index < -0.39 is 0 Å². The number of hydrogen-bond acceptors (Lipinski definition) is 3. The molecule has 1 aromatic rings. The number of hydrogen-bond donors (Lipinski definition) is 3. The number of nitrogens with one attached hydrogen (secondary N) is 2. The molecule has 1 aromatic carbocycles. The van der Waals surface area contributed by atoms with Crippen LogP contribution in [0.5, 0.6) is 5.75 Å². The summed E-state index contributed by atoms with van der Waals surface area (Å²) in [6, 6.07) is 4.58. The number of carbonyl (C=O) groups excluding carboxylic acids is 1. The van der Waals surface area contributed by atoms with Crippen molar-refractivity contribution in [2.24, 2.45) is 0 Å². The molecule has 0 bridgehead atoms. The lowest BCUT2D eigenvalue weighted by molar-refractivity contribution is 0.229. The Kier molecular flexibility index (Phi) is 5.24. The fraction of sp³-hybridized carbons (Fsp3) is 0.364. The number of anilines is 1.